The molecule has 2 saturated carbocycles. The summed E-state index contributed by atoms with van der Waals surface area (Å²) in [5, 5.41) is 15.3. The highest BCUT2D eigenvalue weighted by Gasteiger charge is 2.62. The minimum Gasteiger partial charge on any atom is -0.444 e. The molecule has 3 heterocycles. The van der Waals surface area contributed by atoms with E-state index in [1.165, 1.54) is 11.0 Å². The molecule has 288 valence electrons. The molecule has 0 radical (unpaired) electrons. The van der Waals surface area contributed by atoms with E-state index >= 15 is 0 Å². The van der Waals surface area contributed by atoms with E-state index in [1.54, 1.807) is 45.1 Å². The highest BCUT2D eigenvalue weighted by molar-refractivity contribution is 7.91. The van der Waals surface area contributed by atoms with Crippen molar-refractivity contribution in [2.75, 3.05) is 6.54 Å². The van der Waals surface area contributed by atoms with Crippen LogP contribution in [0.25, 0.3) is 0 Å². The molecule has 53 heavy (non-hydrogen) atoms. The summed E-state index contributed by atoms with van der Waals surface area (Å²) < 4.78 is 53.3. The van der Waals surface area contributed by atoms with Gasteiger partial charge in [-0.3, -0.25) is 24.0 Å². The number of nitrogens with zero attached hydrogens (tertiary/aromatic N) is 2. The topological polar surface area (TPSA) is 201 Å². The molecule has 5 amide bonds. The third-order valence-electron chi connectivity index (χ3n) is 10.1. The number of hydrogen-bond donors (Lipinski definition) is 4. The maximum absolute atomic E-state index is 14.4. The fraction of sp³-hybridized carbons (Fsp3) is 0.611. The van der Waals surface area contributed by atoms with E-state index in [9.17, 15) is 41.9 Å². The van der Waals surface area contributed by atoms with Gasteiger partial charge in [0, 0.05) is 24.4 Å². The van der Waals surface area contributed by atoms with Gasteiger partial charge in [-0.1, -0.05) is 12.1 Å². The number of fused-ring (bicyclic) bond motifs is 3. The first kappa shape index (κ1) is 38.3. The van der Waals surface area contributed by atoms with Gasteiger partial charge in [-0.2, -0.15) is 0 Å². The number of amides is 5. The summed E-state index contributed by atoms with van der Waals surface area (Å²) in [4.78, 5) is 70.9. The maximum atomic E-state index is 14.4. The average molecular weight is 760 g/mol. The van der Waals surface area contributed by atoms with Gasteiger partial charge in [-0.25, -0.2) is 22.4 Å². The molecular weight excluding hydrogens is 713 g/mol. The van der Waals surface area contributed by atoms with Crippen molar-refractivity contribution in [3.05, 3.63) is 53.0 Å². The molecule has 1 aromatic carbocycles. The average Bonchev–Trinajstić information content (AvgIpc) is 3.95. The van der Waals surface area contributed by atoms with Gasteiger partial charge in [0.2, 0.25) is 21.8 Å². The zero-order chi connectivity index (χ0) is 38.3. The molecule has 1 aromatic rings. The number of ether oxygens (including phenoxy) is 2. The molecule has 2 aliphatic carbocycles. The number of rotatable bonds is 5. The molecule has 6 rings (SSSR count). The number of nitrogens with one attached hydrogen (secondary N) is 3. The zero-order valence-corrected chi connectivity index (χ0v) is 30.7. The molecule has 0 bridgehead atoms. The van der Waals surface area contributed by atoms with Crippen LogP contribution < -0.4 is 15.4 Å². The molecule has 4 N–H and O–H groups in total. The molecule has 1 saturated heterocycles. The summed E-state index contributed by atoms with van der Waals surface area (Å²) in [6, 6.07) is 1.96. The second-order valence-electron chi connectivity index (χ2n) is 15.5. The predicted molar refractivity (Wildman–Crippen MR) is 185 cm³/mol. The lowest BCUT2D eigenvalue weighted by Gasteiger charge is -2.30. The van der Waals surface area contributed by atoms with Gasteiger partial charge in [-0.05, 0) is 89.5 Å². The second kappa shape index (κ2) is 14.7. The van der Waals surface area contributed by atoms with E-state index in [4.69, 9.17) is 9.47 Å². The summed E-state index contributed by atoms with van der Waals surface area (Å²) in [5.74, 6) is -3.52. The number of benzene rings is 1. The van der Waals surface area contributed by atoms with Crippen molar-refractivity contribution in [3.8, 4) is 0 Å². The minimum atomic E-state index is -3.97. The standard InChI is InChI=1S/C36H46FN5O10S/c1-35(2,3)52-33(47)38-28-15-12-23(43)10-6-4-5-9-22-17-36(22,32(46)40-53(49,50)25-13-14-25)39-30(44)29-16-24(19-42(29)31(28)45)51-34(48)41-18-21-8-7-11-27(37)26(21)20-41/h4,7-9,11,22-25,28-29,43H,6,10,12-20H2,1-3H3,(H,38,47)(H,39,44)(H,40,46)/t5?,22-,23?,24-,28+,29+,36-/m1/s1. The van der Waals surface area contributed by atoms with Crippen LogP contribution in [-0.4, -0.2) is 100 Å². The van der Waals surface area contributed by atoms with Gasteiger partial charge in [0.05, 0.1) is 24.4 Å². The lowest BCUT2D eigenvalue weighted by molar-refractivity contribution is -0.141. The summed E-state index contributed by atoms with van der Waals surface area (Å²) >= 11 is 0. The van der Waals surface area contributed by atoms with Crippen LogP contribution in [0.4, 0.5) is 14.0 Å². The van der Waals surface area contributed by atoms with E-state index in [2.05, 4.69) is 21.1 Å². The first-order valence-corrected chi connectivity index (χ1v) is 19.5. The summed E-state index contributed by atoms with van der Waals surface area (Å²) in [7, 11) is -3.97. The second-order valence-corrected chi connectivity index (χ2v) is 17.4. The monoisotopic (exact) mass is 759 g/mol. The van der Waals surface area contributed by atoms with Gasteiger partial charge in [0.25, 0.3) is 5.91 Å². The summed E-state index contributed by atoms with van der Waals surface area (Å²) in [6.45, 7) is 4.75. The van der Waals surface area contributed by atoms with Crippen molar-refractivity contribution in [1.29, 1.82) is 0 Å². The van der Waals surface area contributed by atoms with Gasteiger partial charge in [0.15, 0.2) is 0 Å². The Morgan fingerprint density at radius 3 is 2.55 bits per heavy atom. The van der Waals surface area contributed by atoms with Crippen molar-refractivity contribution in [1.82, 2.24) is 25.2 Å². The molecule has 6 atom stereocenters. The van der Waals surface area contributed by atoms with E-state index in [0.29, 0.717) is 36.8 Å². The molecule has 0 spiro atoms. The number of alkyl carbamates (subject to hydrolysis) is 1. The Kier molecular flexibility index (Phi) is 10.6. The third-order valence-corrected chi connectivity index (χ3v) is 11.9. The Hall–Kier alpha value is -4.47. The van der Waals surface area contributed by atoms with Crippen molar-refractivity contribution in [2.24, 2.45) is 5.92 Å². The number of aliphatic hydroxyl groups excluding tert-OH is 1. The maximum Gasteiger partial charge on any atom is 0.410 e. The highest BCUT2D eigenvalue weighted by Crippen LogP contribution is 2.46. The van der Waals surface area contributed by atoms with Gasteiger partial charge < -0.3 is 30.1 Å². The Labute approximate surface area is 307 Å². The molecule has 1 unspecified atom stereocenters. The van der Waals surface area contributed by atoms with Crippen molar-refractivity contribution in [2.45, 2.75) is 126 Å². The lowest BCUT2D eigenvalue weighted by Crippen LogP contribution is -2.58. The number of halogens is 1. The fourth-order valence-corrected chi connectivity index (χ4v) is 8.36. The number of sulfonamides is 1. The predicted octanol–water partition coefficient (Wildman–Crippen LogP) is 2.27. The molecule has 3 fully saturated rings. The SMILES string of the molecule is CC(C)(C)OC(=O)N[C@H]1CCC(O)CCC=C=C[C@@H]2C[C@@]2(C(=O)NS(=O)(=O)C2CC2)NC(=O)[C@@H]2C[C@@H](OC(=O)N3Cc4cccc(F)c4C3)CN2C1=O. The Bertz CT molecular complexity index is 1840. The number of hydrogen-bond acceptors (Lipinski definition) is 10. The minimum absolute atomic E-state index is 0.0286. The van der Waals surface area contributed by atoms with Crippen LogP contribution in [0, 0.1) is 11.7 Å². The van der Waals surface area contributed by atoms with Crippen LogP contribution in [0.15, 0.2) is 36.1 Å². The molecule has 0 aromatic heterocycles. The summed E-state index contributed by atoms with van der Waals surface area (Å²) in [6.07, 6.45) is 1.11. The number of carbonyl (C=O) groups excluding carboxylic acids is 5. The van der Waals surface area contributed by atoms with Gasteiger partial charge in [-0.15, -0.1) is 5.73 Å². The van der Waals surface area contributed by atoms with E-state index in [0.717, 1.165) is 4.90 Å². The number of aliphatic hydroxyl groups is 1. The highest BCUT2D eigenvalue weighted by atomic mass is 32.2. The summed E-state index contributed by atoms with van der Waals surface area (Å²) in [5.41, 5.74) is 1.40. The quantitative estimate of drug-likeness (QED) is 0.323. The molecule has 5 aliphatic rings. The van der Waals surface area contributed by atoms with Crippen LogP contribution >= 0.6 is 0 Å². The fourth-order valence-electron chi connectivity index (χ4n) is 6.99. The lowest BCUT2D eigenvalue weighted by atomic mass is 10.0. The Balaban J connectivity index is 1.28. The van der Waals surface area contributed by atoms with Crippen molar-refractivity contribution in [3.63, 3.8) is 0 Å². The van der Waals surface area contributed by atoms with Crippen molar-refractivity contribution < 1.29 is 51.4 Å². The smallest absolute Gasteiger partial charge is 0.410 e. The van der Waals surface area contributed by atoms with E-state index in [-0.39, 0.29) is 45.3 Å². The van der Waals surface area contributed by atoms with Crippen molar-refractivity contribution >= 4 is 39.9 Å². The van der Waals surface area contributed by atoms with Crippen LogP contribution in [-0.2, 0) is 47.0 Å². The normalized spacial score (nSPS) is 29.0. The largest absolute Gasteiger partial charge is 0.444 e. The van der Waals surface area contributed by atoms with Crippen LogP contribution in [0.5, 0.6) is 0 Å². The van der Waals surface area contributed by atoms with Crippen LogP contribution in [0.3, 0.4) is 0 Å². The van der Waals surface area contributed by atoms with Gasteiger partial charge >= 0.3 is 12.2 Å². The van der Waals surface area contributed by atoms with Crippen LogP contribution in [0.2, 0.25) is 0 Å². The number of carbonyl (C=O) groups is 5. The molecule has 15 nitrogen and oxygen atoms in total. The first-order valence-electron chi connectivity index (χ1n) is 17.9. The first-order chi connectivity index (χ1) is 25.0. The molecule has 3 aliphatic heterocycles. The van der Waals surface area contributed by atoms with Gasteiger partial charge in [0.1, 0.15) is 35.1 Å². The zero-order valence-electron chi connectivity index (χ0n) is 29.9. The molecular formula is C36H46FN5O10S. The third kappa shape index (κ3) is 8.85. The molecule has 17 heteroatoms. The van der Waals surface area contributed by atoms with E-state index in [1.807, 2.05) is 0 Å². The Morgan fingerprint density at radius 1 is 1.09 bits per heavy atom. The van der Waals surface area contributed by atoms with Crippen LogP contribution in [0.1, 0.15) is 83.3 Å². The Morgan fingerprint density at radius 2 is 1.85 bits per heavy atom. The van der Waals surface area contributed by atoms with E-state index < -0.39 is 92.3 Å².